The average molecular weight is 361 g/mol. The molecule has 0 radical (unpaired) electrons. The van der Waals surface area contributed by atoms with Gasteiger partial charge in [0.1, 0.15) is 0 Å². The zero-order chi connectivity index (χ0) is 17.6. The van der Waals surface area contributed by atoms with E-state index in [0.29, 0.717) is 16.5 Å². The molecule has 0 aliphatic heterocycles. The van der Waals surface area contributed by atoms with Gasteiger partial charge in [0.2, 0.25) is 0 Å². The number of nitrogens with zero attached hydrogens (tertiary/aromatic N) is 1. The smallest absolute Gasteiger partial charge is 0.253 e. The van der Waals surface area contributed by atoms with Gasteiger partial charge in [-0.15, -0.1) is 0 Å². The van der Waals surface area contributed by atoms with Gasteiger partial charge in [0.15, 0.2) is 0 Å². The van der Waals surface area contributed by atoms with Crippen molar-refractivity contribution in [1.82, 2.24) is 9.88 Å². The first-order chi connectivity index (χ1) is 12.2. The van der Waals surface area contributed by atoms with E-state index in [1.165, 1.54) is 38.5 Å². The number of amides is 1. The van der Waals surface area contributed by atoms with E-state index in [0.717, 1.165) is 36.8 Å². The Balaban J connectivity index is 1.78. The van der Waals surface area contributed by atoms with Crippen LogP contribution in [0.3, 0.4) is 0 Å². The standard InChI is InChI=1S/C21H29ClN2O/c1-2-3-13-24-15-17(20-18(22)11-8-12-19(20)24)21(25)23-14-16-9-6-4-5-7-10-16/h8,11-12,15-16H,2-7,9-10,13-14H2,1H3,(H,23,25). The first-order valence-corrected chi connectivity index (χ1v) is 10.1. The number of rotatable bonds is 6. The van der Waals surface area contributed by atoms with Crippen LogP contribution in [0.4, 0.5) is 0 Å². The molecule has 1 fully saturated rings. The molecule has 1 aromatic carbocycles. The number of unbranched alkanes of at least 4 members (excludes halogenated alkanes) is 1. The monoisotopic (exact) mass is 360 g/mol. The van der Waals surface area contributed by atoms with E-state index in [1.807, 2.05) is 18.3 Å². The van der Waals surface area contributed by atoms with Gasteiger partial charge in [-0.05, 0) is 37.3 Å². The van der Waals surface area contributed by atoms with Gasteiger partial charge in [-0.3, -0.25) is 4.79 Å². The van der Waals surface area contributed by atoms with Gasteiger partial charge in [0, 0.05) is 24.7 Å². The SMILES string of the molecule is CCCCn1cc(C(=O)NCC2CCCCCC2)c2c(Cl)cccc21. The first-order valence-electron chi connectivity index (χ1n) is 9.76. The fourth-order valence-electron chi connectivity index (χ4n) is 3.89. The van der Waals surface area contributed by atoms with E-state index in [2.05, 4.69) is 22.9 Å². The highest BCUT2D eigenvalue weighted by Crippen LogP contribution is 2.29. The Morgan fingerprint density at radius 1 is 1.24 bits per heavy atom. The normalized spacial score (nSPS) is 16.1. The lowest BCUT2D eigenvalue weighted by Crippen LogP contribution is -2.29. The number of nitrogens with one attached hydrogen (secondary N) is 1. The molecule has 136 valence electrons. The van der Waals surface area contributed by atoms with Crippen LogP contribution in [0.5, 0.6) is 0 Å². The van der Waals surface area contributed by atoms with Crippen LogP contribution in [0.15, 0.2) is 24.4 Å². The fourth-order valence-corrected chi connectivity index (χ4v) is 4.17. The fraction of sp³-hybridized carbons (Fsp3) is 0.571. The summed E-state index contributed by atoms with van der Waals surface area (Å²) < 4.78 is 2.17. The van der Waals surface area contributed by atoms with Gasteiger partial charge in [-0.25, -0.2) is 0 Å². The van der Waals surface area contributed by atoms with Crippen molar-refractivity contribution in [3.8, 4) is 0 Å². The minimum absolute atomic E-state index is 0.0117. The van der Waals surface area contributed by atoms with E-state index >= 15 is 0 Å². The van der Waals surface area contributed by atoms with Crippen LogP contribution in [-0.2, 0) is 6.54 Å². The third kappa shape index (κ3) is 4.38. The van der Waals surface area contributed by atoms with Crippen molar-refractivity contribution in [2.75, 3.05) is 6.54 Å². The summed E-state index contributed by atoms with van der Waals surface area (Å²) in [4.78, 5) is 12.8. The lowest BCUT2D eigenvalue weighted by atomic mass is 10.0. The average Bonchev–Trinajstić information content (AvgIpc) is 2.80. The van der Waals surface area contributed by atoms with Crippen molar-refractivity contribution < 1.29 is 4.79 Å². The summed E-state index contributed by atoms with van der Waals surface area (Å²) in [5, 5.41) is 4.72. The molecule has 1 aliphatic rings. The molecule has 0 atom stereocenters. The van der Waals surface area contributed by atoms with Crippen molar-refractivity contribution >= 4 is 28.4 Å². The minimum Gasteiger partial charge on any atom is -0.352 e. The molecule has 2 aromatic rings. The van der Waals surface area contributed by atoms with E-state index in [1.54, 1.807) is 0 Å². The third-order valence-corrected chi connectivity index (χ3v) is 5.69. The van der Waals surface area contributed by atoms with Gasteiger partial charge in [0.25, 0.3) is 5.91 Å². The summed E-state index contributed by atoms with van der Waals surface area (Å²) in [7, 11) is 0. The Hall–Kier alpha value is -1.48. The van der Waals surface area contributed by atoms with Crippen LogP contribution in [0.25, 0.3) is 10.9 Å². The second-order valence-corrected chi connectivity index (χ2v) is 7.70. The van der Waals surface area contributed by atoms with E-state index in [9.17, 15) is 4.79 Å². The van der Waals surface area contributed by atoms with Crippen LogP contribution in [0.1, 0.15) is 68.6 Å². The first kappa shape index (κ1) is 18.3. The van der Waals surface area contributed by atoms with Crippen molar-refractivity contribution in [3.63, 3.8) is 0 Å². The second-order valence-electron chi connectivity index (χ2n) is 7.29. The van der Waals surface area contributed by atoms with Gasteiger partial charge < -0.3 is 9.88 Å². The van der Waals surface area contributed by atoms with Crippen LogP contribution in [0, 0.1) is 5.92 Å². The summed E-state index contributed by atoms with van der Waals surface area (Å²) >= 11 is 6.43. The highest BCUT2D eigenvalue weighted by Gasteiger charge is 2.19. The number of aryl methyl sites for hydroxylation is 1. The summed E-state index contributed by atoms with van der Waals surface area (Å²) in [5.74, 6) is 0.632. The van der Waals surface area contributed by atoms with E-state index in [-0.39, 0.29) is 5.91 Å². The maximum Gasteiger partial charge on any atom is 0.253 e. The molecule has 0 unspecified atom stereocenters. The Labute approximate surface area is 155 Å². The van der Waals surface area contributed by atoms with Crippen molar-refractivity contribution in [2.45, 2.75) is 64.8 Å². The number of carbonyl (C=O) groups excluding carboxylic acids is 1. The number of carbonyl (C=O) groups is 1. The second kappa shape index (κ2) is 8.75. The zero-order valence-electron chi connectivity index (χ0n) is 15.2. The summed E-state index contributed by atoms with van der Waals surface area (Å²) in [6.07, 6.45) is 11.9. The molecule has 1 aromatic heterocycles. The summed E-state index contributed by atoms with van der Waals surface area (Å²) in [6.45, 7) is 3.88. The Kier molecular flexibility index (Phi) is 6.41. The Bertz CT molecular complexity index is 714. The van der Waals surface area contributed by atoms with Crippen LogP contribution in [0.2, 0.25) is 5.02 Å². The number of benzene rings is 1. The quantitative estimate of drug-likeness (QED) is 0.649. The topological polar surface area (TPSA) is 34.0 Å². The molecule has 3 rings (SSSR count). The third-order valence-electron chi connectivity index (χ3n) is 5.38. The van der Waals surface area contributed by atoms with Crippen molar-refractivity contribution in [3.05, 3.63) is 35.0 Å². The molecule has 1 heterocycles. The Morgan fingerprint density at radius 2 is 2.00 bits per heavy atom. The van der Waals surface area contributed by atoms with Crippen LogP contribution < -0.4 is 5.32 Å². The molecular formula is C21H29ClN2O. The summed E-state index contributed by atoms with van der Waals surface area (Å²) in [6, 6.07) is 5.88. The molecule has 1 aliphatic carbocycles. The molecule has 1 saturated carbocycles. The maximum atomic E-state index is 12.8. The predicted molar refractivity (Wildman–Crippen MR) is 105 cm³/mol. The number of fused-ring (bicyclic) bond motifs is 1. The number of aromatic nitrogens is 1. The van der Waals surface area contributed by atoms with Gasteiger partial charge in [-0.2, -0.15) is 0 Å². The molecular weight excluding hydrogens is 332 g/mol. The minimum atomic E-state index is 0.0117. The molecule has 3 nitrogen and oxygen atoms in total. The molecule has 0 spiro atoms. The van der Waals surface area contributed by atoms with E-state index in [4.69, 9.17) is 11.6 Å². The van der Waals surface area contributed by atoms with Crippen molar-refractivity contribution in [1.29, 1.82) is 0 Å². The predicted octanol–water partition coefficient (Wildman–Crippen LogP) is 5.80. The molecule has 4 heteroatoms. The highest BCUT2D eigenvalue weighted by molar-refractivity contribution is 6.36. The van der Waals surface area contributed by atoms with Gasteiger partial charge in [0.05, 0.1) is 16.1 Å². The van der Waals surface area contributed by atoms with Crippen LogP contribution in [-0.4, -0.2) is 17.0 Å². The van der Waals surface area contributed by atoms with Crippen molar-refractivity contribution in [2.24, 2.45) is 5.92 Å². The number of halogens is 1. The number of hydrogen-bond acceptors (Lipinski definition) is 1. The number of hydrogen-bond donors (Lipinski definition) is 1. The Morgan fingerprint density at radius 3 is 2.72 bits per heavy atom. The lowest BCUT2D eigenvalue weighted by Gasteiger charge is -2.14. The molecule has 1 N–H and O–H groups in total. The molecule has 25 heavy (non-hydrogen) atoms. The molecule has 1 amide bonds. The van der Waals surface area contributed by atoms with Gasteiger partial charge in [-0.1, -0.05) is 56.7 Å². The lowest BCUT2D eigenvalue weighted by molar-refractivity contribution is 0.0947. The van der Waals surface area contributed by atoms with Gasteiger partial charge >= 0.3 is 0 Å². The largest absolute Gasteiger partial charge is 0.352 e. The van der Waals surface area contributed by atoms with E-state index < -0.39 is 0 Å². The summed E-state index contributed by atoms with van der Waals surface area (Å²) in [5.41, 5.74) is 1.77. The molecule has 0 bridgehead atoms. The van der Waals surface area contributed by atoms with Crippen LogP contribution >= 0.6 is 11.6 Å². The zero-order valence-corrected chi connectivity index (χ0v) is 15.9. The molecule has 0 saturated heterocycles. The highest BCUT2D eigenvalue weighted by atomic mass is 35.5. The maximum absolute atomic E-state index is 12.8.